The average molecular weight is 358 g/mol. The van der Waals surface area contributed by atoms with Crippen molar-refractivity contribution in [2.75, 3.05) is 13.3 Å². The van der Waals surface area contributed by atoms with Crippen LogP contribution in [0.5, 0.6) is 0 Å². The van der Waals surface area contributed by atoms with Crippen molar-refractivity contribution in [1.29, 1.82) is 5.26 Å². The number of hydrogen-bond acceptors (Lipinski definition) is 7. The first-order valence-electron chi connectivity index (χ1n) is 8.97. The van der Waals surface area contributed by atoms with Crippen LogP contribution in [0.15, 0.2) is 36.1 Å². The van der Waals surface area contributed by atoms with Crippen molar-refractivity contribution >= 4 is 0 Å². The zero-order valence-corrected chi connectivity index (χ0v) is 15.3. The Bertz CT molecular complexity index is 718. The predicted octanol–water partition coefficient (Wildman–Crippen LogP) is 1.64. The number of imidazole rings is 1. The molecule has 0 spiro atoms. The van der Waals surface area contributed by atoms with Gasteiger partial charge in [0.25, 0.3) is 0 Å². The minimum atomic E-state index is 0.227. The number of nitrogens with zero attached hydrogens (tertiary/aromatic N) is 3. The van der Waals surface area contributed by atoms with Crippen molar-refractivity contribution in [3.8, 4) is 6.19 Å². The quantitative estimate of drug-likeness (QED) is 0.369. The highest BCUT2D eigenvalue weighted by atomic mass is 16.7. The molecule has 1 aliphatic carbocycles. The Labute approximate surface area is 153 Å². The molecule has 0 saturated carbocycles. The molecular weight excluding hydrogens is 332 g/mol. The molecule has 0 fully saturated rings. The lowest BCUT2D eigenvalue weighted by molar-refractivity contribution is 0.0689. The Morgan fingerprint density at radius 1 is 1.42 bits per heavy atom. The van der Waals surface area contributed by atoms with Gasteiger partial charge in [-0.05, 0) is 19.3 Å². The first-order chi connectivity index (χ1) is 12.7. The molecule has 1 aliphatic heterocycles. The molecule has 2 heterocycles. The maximum absolute atomic E-state index is 8.81. The fourth-order valence-electron chi connectivity index (χ4n) is 3.25. The fourth-order valence-corrected chi connectivity index (χ4v) is 3.25. The molecule has 8 nitrogen and oxygen atoms in total. The summed E-state index contributed by atoms with van der Waals surface area (Å²) in [6, 6.07) is 0.227. The lowest BCUT2D eigenvalue weighted by Crippen LogP contribution is -2.42. The fraction of sp³-hybridized carbons (Fsp3) is 0.556. The SMILES string of the molecule is Cc1cncn1CCCN/C(=C/NC#N)N[C@@H]1CC2=C(C[C@H]1C)OCO2. The van der Waals surface area contributed by atoms with Crippen LogP contribution in [0.25, 0.3) is 0 Å². The molecule has 26 heavy (non-hydrogen) atoms. The van der Waals surface area contributed by atoms with E-state index >= 15 is 0 Å². The van der Waals surface area contributed by atoms with E-state index in [1.165, 1.54) is 0 Å². The van der Waals surface area contributed by atoms with Crippen molar-refractivity contribution in [2.24, 2.45) is 5.92 Å². The molecule has 8 heteroatoms. The van der Waals surface area contributed by atoms with E-state index < -0.39 is 0 Å². The zero-order valence-electron chi connectivity index (χ0n) is 15.3. The Morgan fingerprint density at radius 3 is 2.96 bits per heavy atom. The lowest BCUT2D eigenvalue weighted by atomic mass is 9.88. The Kier molecular flexibility index (Phi) is 5.89. The van der Waals surface area contributed by atoms with E-state index in [0.717, 1.165) is 55.4 Å². The van der Waals surface area contributed by atoms with Gasteiger partial charge in [0.15, 0.2) is 6.19 Å². The van der Waals surface area contributed by atoms with Crippen molar-refractivity contribution < 1.29 is 9.47 Å². The van der Waals surface area contributed by atoms with Gasteiger partial charge in [-0.2, -0.15) is 5.26 Å². The first-order valence-corrected chi connectivity index (χ1v) is 8.97. The van der Waals surface area contributed by atoms with Gasteiger partial charge in [0.1, 0.15) is 17.3 Å². The zero-order chi connectivity index (χ0) is 18.4. The Hall–Kier alpha value is -2.82. The van der Waals surface area contributed by atoms with Gasteiger partial charge < -0.3 is 24.7 Å². The average Bonchev–Trinajstić information content (AvgIpc) is 3.24. The highest BCUT2D eigenvalue weighted by Crippen LogP contribution is 2.34. The standard InChI is InChI=1S/C18H26N6O2/c1-13-6-16-17(26-12-25-16)7-15(13)23-18(9-20-10-19)22-4-3-5-24-11-21-8-14(24)2/h8-9,11,13,15,20,22-23H,3-7,12H2,1-2H3/b18-9-/t13-,15-/m1/s1. The summed E-state index contributed by atoms with van der Waals surface area (Å²) in [6.45, 7) is 6.26. The van der Waals surface area contributed by atoms with Crippen molar-refractivity contribution in [1.82, 2.24) is 25.5 Å². The molecule has 2 atom stereocenters. The van der Waals surface area contributed by atoms with E-state index in [1.807, 2.05) is 25.6 Å². The third-order valence-electron chi connectivity index (χ3n) is 4.81. The molecule has 0 amide bonds. The van der Waals surface area contributed by atoms with Crippen LogP contribution in [0, 0.1) is 24.3 Å². The van der Waals surface area contributed by atoms with Gasteiger partial charge in [-0.3, -0.25) is 5.32 Å². The van der Waals surface area contributed by atoms with Crippen molar-refractivity contribution in [2.45, 2.75) is 45.7 Å². The molecule has 3 rings (SSSR count). The predicted molar refractivity (Wildman–Crippen MR) is 95.8 cm³/mol. The van der Waals surface area contributed by atoms with E-state index in [1.54, 1.807) is 6.20 Å². The lowest BCUT2D eigenvalue weighted by Gasteiger charge is -2.30. The number of aryl methyl sites for hydroxylation is 2. The summed E-state index contributed by atoms with van der Waals surface area (Å²) in [5.41, 5.74) is 1.16. The van der Waals surface area contributed by atoms with E-state index in [0.29, 0.717) is 12.7 Å². The number of rotatable bonds is 8. The highest BCUT2D eigenvalue weighted by molar-refractivity contribution is 5.14. The van der Waals surface area contributed by atoms with E-state index in [4.69, 9.17) is 14.7 Å². The summed E-state index contributed by atoms with van der Waals surface area (Å²) in [7, 11) is 0. The van der Waals surface area contributed by atoms with Gasteiger partial charge in [-0.1, -0.05) is 6.92 Å². The van der Waals surface area contributed by atoms with Gasteiger partial charge >= 0.3 is 0 Å². The van der Waals surface area contributed by atoms with Crippen LogP contribution in [0.3, 0.4) is 0 Å². The second kappa shape index (κ2) is 8.52. The third-order valence-corrected chi connectivity index (χ3v) is 4.81. The van der Waals surface area contributed by atoms with E-state index in [9.17, 15) is 0 Å². The molecule has 0 bridgehead atoms. The molecule has 0 radical (unpaired) electrons. The number of allylic oxidation sites excluding steroid dienone is 1. The molecule has 2 aliphatic rings. The molecular formula is C18H26N6O2. The molecule has 0 saturated heterocycles. The van der Waals surface area contributed by atoms with Crippen LogP contribution >= 0.6 is 0 Å². The summed E-state index contributed by atoms with van der Waals surface area (Å²) >= 11 is 0. The minimum absolute atomic E-state index is 0.227. The van der Waals surface area contributed by atoms with Crippen molar-refractivity contribution in [3.63, 3.8) is 0 Å². The Morgan fingerprint density at radius 2 is 2.23 bits per heavy atom. The number of nitriles is 1. The van der Waals surface area contributed by atoms with Crippen LogP contribution in [0.1, 0.15) is 31.9 Å². The summed E-state index contributed by atoms with van der Waals surface area (Å²) < 4.78 is 13.2. The number of nitrogens with one attached hydrogen (secondary N) is 3. The van der Waals surface area contributed by atoms with Crippen molar-refractivity contribution in [3.05, 3.63) is 41.8 Å². The van der Waals surface area contributed by atoms with Crippen LogP contribution in [-0.2, 0) is 16.0 Å². The molecule has 0 aromatic carbocycles. The summed E-state index contributed by atoms with van der Waals surface area (Å²) in [5, 5.41) is 18.3. The molecule has 3 N–H and O–H groups in total. The van der Waals surface area contributed by atoms with Gasteiger partial charge in [0.2, 0.25) is 6.79 Å². The van der Waals surface area contributed by atoms with Crippen LogP contribution in [-0.4, -0.2) is 28.9 Å². The van der Waals surface area contributed by atoms with Gasteiger partial charge in [-0.15, -0.1) is 0 Å². The van der Waals surface area contributed by atoms with Gasteiger partial charge in [0, 0.05) is 43.9 Å². The molecule has 1 aromatic rings. The maximum Gasteiger partial charge on any atom is 0.230 e. The van der Waals surface area contributed by atoms with Crippen LogP contribution in [0.2, 0.25) is 0 Å². The largest absolute Gasteiger partial charge is 0.458 e. The number of ether oxygens (including phenoxy) is 2. The Balaban J connectivity index is 1.51. The van der Waals surface area contributed by atoms with Crippen LogP contribution < -0.4 is 16.0 Å². The van der Waals surface area contributed by atoms with Crippen LogP contribution in [0.4, 0.5) is 0 Å². The van der Waals surface area contributed by atoms with Gasteiger partial charge in [0.05, 0.1) is 12.5 Å². The van der Waals surface area contributed by atoms with E-state index in [-0.39, 0.29) is 6.04 Å². The highest BCUT2D eigenvalue weighted by Gasteiger charge is 2.32. The number of hydrogen-bond donors (Lipinski definition) is 3. The minimum Gasteiger partial charge on any atom is -0.458 e. The summed E-state index contributed by atoms with van der Waals surface area (Å²) in [6.07, 6.45) is 9.92. The van der Waals surface area contributed by atoms with Gasteiger partial charge in [-0.25, -0.2) is 4.98 Å². The first kappa shape index (κ1) is 18.0. The third kappa shape index (κ3) is 4.42. The smallest absolute Gasteiger partial charge is 0.230 e. The topological polar surface area (TPSA) is 96.2 Å². The number of aromatic nitrogens is 2. The normalized spacial score (nSPS) is 22.1. The second-order valence-corrected chi connectivity index (χ2v) is 6.71. The molecule has 0 unspecified atom stereocenters. The second-order valence-electron chi connectivity index (χ2n) is 6.71. The molecule has 1 aromatic heterocycles. The van der Waals surface area contributed by atoms with E-state index in [2.05, 4.69) is 32.4 Å². The monoisotopic (exact) mass is 358 g/mol. The molecule has 140 valence electrons. The summed E-state index contributed by atoms with van der Waals surface area (Å²) in [5.74, 6) is 3.16. The summed E-state index contributed by atoms with van der Waals surface area (Å²) in [4.78, 5) is 4.13. The maximum atomic E-state index is 8.81.